The zero-order valence-corrected chi connectivity index (χ0v) is 11.9. The first-order chi connectivity index (χ1) is 8.56. The third-order valence-electron chi connectivity index (χ3n) is 3.22. The molecule has 0 saturated heterocycles. The molecule has 18 heavy (non-hydrogen) atoms. The van der Waals surface area contributed by atoms with Crippen molar-refractivity contribution in [3.63, 3.8) is 0 Å². The van der Waals surface area contributed by atoms with E-state index in [0.717, 1.165) is 31.4 Å². The van der Waals surface area contributed by atoms with Crippen LogP contribution < -0.4 is 0 Å². The van der Waals surface area contributed by atoms with Crippen molar-refractivity contribution in [1.29, 1.82) is 0 Å². The molecule has 0 aromatic carbocycles. The zero-order valence-electron chi connectivity index (χ0n) is 11.0. The molecule has 0 atom stereocenters. The van der Waals surface area contributed by atoms with Crippen LogP contribution in [0.5, 0.6) is 0 Å². The Morgan fingerprint density at radius 1 is 1.44 bits per heavy atom. The Bertz CT molecular complexity index is 386. The zero-order chi connectivity index (χ0) is 13.6. The quantitative estimate of drug-likeness (QED) is 0.448. The lowest BCUT2D eigenvalue weighted by Gasteiger charge is -2.31. The Kier molecular flexibility index (Phi) is 5.65. The fourth-order valence-corrected chi connectivity index (χ4v) is 2.85. The summed E-state index contributed by atoms with van der Waals surface area (Å²) in [6, 6.07) is 0. The number of aromatic nitrogens is 2. The minimum atomic E-state index is -0.411. The van der Waals surface area contributed by atoms with Crippen molar-refractivity contribution in [1.82, 2.24) is 9.78 Å². The fraction of sp³-hybridized carbons (Fsp3) is 0.750. The van der Waals surface area contributed by atoms with Crippen molar-refractivity contribution in [2.75, 3.05) is 5.75 Å². The molecule has 0 N–H and O–H groups in total. The second-order valence-corrected chi connectivity index (χ2v) is 5.13. The van der Waals surface area contributed by atoms with Gasteiger partial charge in [0.05, 0.1) is 4.92 Å². The molecule has 0 aliphatic carbocycles. The molecule has 6 heteroatoms. The normalized spacial score (nSPS) is 11.7. The average molecular weight is 271 g/mol. The van der Waals surface area contributed by atoms with Crippen LogP contribution in [0.3, 0.4) is 0 Å². The summed E-state index contributed by atoms with van der Waals surface area (Å²) in [5.74, 6) is 0.780. The molecule has 0 radical (unpaired) electrons. The molecule has 102 valence electrons. The van der Waals surface area contributed by atoms with Crippen LogP contribution in [-0.4, -0.2) is 20.5 Å². The van der Waals surface area contributed by atoms with Gasteiger partial charge in [-0.05, 0) is 24.0 Å². The lowest BCUT2D eigenvalue weighted by molar-refractivity contribution is -0.385. The van der Waals surface area contributed by atoms with Crippen LogP contribution in [0.15, 0.2) is 12.4 Å². The van der Waals surface area contributed by atoms with Crippen molar-refractivity contribution in [2.24, 2.45) is 5.41 Å². The highest BCUT2D eigenvalue weighted by Gasteiger charge is 2.28. The minimum Gasteiger partial charge on any atom is -0.265 e. The molecular formula is C12H21N3O2S. The number of hydrogen-bond acceptors (Lipinski definition) is 4. The summed E-state index contributed by atoms with van der Waals surface area (Å²) in [5, 5.41) is 14.7. The molecule has 1 rings (SSSR count). The number of rotatable bonds is 8. The Morgan fingerprint density at radius 3 is 2.44 bits per heavy atom. The maximum absolute atomic E-state index is 10.6. The third-order valence-corrected chi connectivity index (χ3v) is 3.89. The summed E-state index contributed by atoms with van der Waals surface area (Å²) in [6.07, 6.45) is 7.12. The molecule has 5 nitrogen and oxygen atoms in total. The largest absolute Gasteiger partial charge is 0.306 e. The van der Waals surface area contributed by atoms with E-state index < -0.39 is 4.92 Å². The van der Waals surface area contributed by atoms with E-state index in [2.05, 4.69) is 31.6 Å². The maximum Gasteiger partial charge on any atom is 0.306 e. The van der Waals surface area contributed by atoms with E-state index in [0.29, 0.717) is 6.54 Å². The minimum absolute atomic E-state index is 0.0519. The summed E-state index contributed by atoms with van der Waals surface area (Å²) in [5.41, 5.74) is 0.142. The van der Waals surface area contributed by atoms with Crippen molar-refractivity contribution in [3.05, 3.63) is 22.5 Å². The van der Waals surface area contributed by atoms with Crippen LogP contribution in [0, 0.1) is 15.5 Å². The van der Waals surface area contributed by atoms with E-state index >= 15 is 0 Å². The Labute approximate surface area is 113 Å². The number of nitrogens with zero attached hydrogens (tertiary/aromatic N) is 3. The molecule has 1 heterocycles. The number of hydrogen-bond donors (Lipinski definition) is 1. The highest BCUT2D eigenvalue weighted by atomic mass is 32.1. The van der Waals surface area contributed by atoms with Gasteiger partial charge in [-0.2, -0.15) is 17.7 Å². The summed E-state index contributed by atoms with van der Waals surface area (Å²) in [7, 11) is 0. The van der Waals surface area contributed by atoms with Gasteiger partial charge >= 0.3 is 5.69 Å². The van der Waals surface area contributed by atoms with E-state index in [-0.39, 0.29) is 11.1 Å². The van der Waals surface area contributed by atoms with Crippen molar-refractivity contribution < 1.29 is 4.92 Å². The molecule has 0 aliphatic heterocycles. The Morgan fingerprint density at radius 2 is 2.06 bits per heavy atom. The van der Waals surface area contributed by atoms with E-state index in [9.17, 15) is 10.1 Å². The highest BCUT2D eigenvalue weighted by Crippen LogP contribution is 2.33. The van der Waals surface area contributed by atoms with Gasteiger partial charge in [-0.3, -0.25) is 14.8 Å². The second kappa shape index (κ2) is 6.78. The van der Waals surface area contributed by atoms with Gasteiger partial charge < -0.3 is 0 Å². The summed E-state index contributed by atoms with van der Waals surface area (Å²) < 4.78 is 1.68. The summed E-state index contributed by atoms with van der Waals surface area (Å²) in [6.45, 7) is 5.00. The van der Waals surface area contributed by atoms with Gasteiger partial charge in [0.1, 0.15) is 12.4 Å². The van der Waals surface area contributed by atoms with Crippen LogP contribution in [0.4, 0.5) is 5.69 Å². The van der Waals surface area contributed by atoms with E-state index in [1.807, 2.05) is 0 Å². The Balaban J connectivity index is 2.83. The van der Waals surface area contributed by atoms with Gasteiger partial charge in [-0.15, -0.1) is 0 Å². The third kappa shape index (κ3) is 3.73. The smallest absolute Gasteiger partial charge is 0.265 e. The van der Waals surface area contributed by atoms with Crippen molar-refractivity contribution in [2.45, 2.75) is 46.1 Å². The van der Waals surface area contributed by atoms with Crippen molar-refractivity contribution >= 4 is 18.3 Å². The standard InChI is InChI=1S/C12H21N3O2S/c1-3-5-12(10-18,6-4-2)9-14-8-11(7-13-14)15(16)17/h7-8,18H,3-6,9-10H2,1-2H3. The van der Waals surface area contributed by atoms with Gasteiger partial charge in [0.2, 0.25) is 0 Å². The molecule has 0 fully saturated rings. The predicted octanol–water partition coefficient (Wildman–Crippen LogP) is 3.31. The lowest BCUT2D eigenvalue weighted by Crippen LogP contribution is -2.29. The molecule has 1 aromatic heterocycles. The van der Waals surface area contributed by atoms with Crippen LogP contribution in [-0.2, 0) is 6.54 Å². The summed E-state index contributed by atoms with van der Waals surface area (Å²) in [4.78, 5) is 10.2. The molecular weight excluding hydrogens is 250 g/mol. The van der Waals surface area contributed by atoms with Crippen LogP contribution in [0.2, 0.25) is 0 Å². The Hall–Kier alpha value is -1.04. The van der Waals surface area contributed by atoms with Gasteiger partial charge in [-0.1, -0.05) is 26.7 Å². The highest BCUT2D eigenvalue weighted by molar-refractivity contribution is 7.80. The van der Waals surface area contributed by atoms with Crippen LogP contribution in [0.25, 0.3) is 0 Å². The topological polar surface area (TPSA) is 61.0 Å². The van der Waals surface area contributed by atoms with Gasteiger partial charge in [-0.25, -0.2) is 0 Å². The van der Waals surface area contributed by atoms with E-state index in [4.69, 9.17) is 0 Å². The second-order valence-electron chi connectivity index (χ2n) is 4.81. The molecule has 0 aliphatic rings. The molecule has 1 aromatic rings. The fourth-order valence-electron chi connectivity index (χ4n) is 2.43. The lowest BCUT2D eigenvalue weighted by atomic mass is 9.81. The van der Waals surface area contributed by atoms with Crippen LogP contribution in [0.1, 0.15) is 39.5 Å². The SMILES string of the molecule is CCCC(CS)(CCC)Cn1cc([N+](=O)[O-])cn1. The molecule has 0 bridgehead atoms. The van der Waals surface area contributed by atoms with Gasteiger partial charge in [0, 0.05) is 6.54 Å². The van der Waals surface area contributed by atoms with Crippen molar-refractivity contribution in [3.8, 4) is 0 Å². The predicted molar refractivity (Wildman–Crippen MR) is 75.0 cm³/mol. The molecule has 0 unspecified atom stereocenters. The average Bonchev–Trinajstić information content (AvgIpc) is 2.78. The monoisotopic (exact) mass is 271 g/mol. The maximum atomic E-state index is 10.6. The van der Waals surface area contributed by atoms with Crippen LogP contribution >= 0.6 is 12.6 Å². The van der Waals surface area contributed by atoms with Gasteiger partial charge in [0.15, 0.2) is 0 Å². The molecule has 0 amide bonds. The molecule has 0 saturated carbocycles. The van der Waals surface area contributed by atoms with E-state index in [1.165, 1.54) is 12.4 Å². The number of nitro groups is 1. The van der Waals surface area contributed by atoms with Gasteiger partial charge in [0.25, 0.3) is 0 Å². The first kappa shape index (κ1) is 15.0. The first-order valence-corrected chi connectivity index (χ1v) is 6.98. The molecule has 0 spiro atoms. The summed E-state index contributed by atoms with van der Waals surface area (Å²) >= 11 is 4.47. The number of thiol groups is 1. The first-order valence-electron chi connectivity index (χ1n) is 6.34. The van der Waals surface area contributed by atoms with E-state index in [1.54, 1.807) is 4.68 Å².